The molecule has 46 heavy (non-hydrogen) atoms. The van der Waals surface area contributed by atoms with E-state index in [1.807, 2.05) is 0 Å². The van der Waals surface area contributed by atoms with Gasteiger partial charge in [0, 0.05) is 19.3 Å². The zero-order chi connectivity index (χ0) is 31.6. The lowest BCUT2D eigenvalue weighted by atomic mass is 9.55. The Morgan fingerprint density at radius 1 is 0.652 bits per heavy atom. The number of fused-ring (bicyclic) bond motifs is 4. The largest absolute Gasteiger partial charge is 0.395 e. The smallest absolute Gasteiger partial charge is 0.136 e. The van der Waals surface area contributed by atoms with Crippen LogP contribution in [0, 0.1) is 53.3 Å². The minimum absolute atomic E-state index is 0.00187. The molecule has 5 aliphatic carbocycles. The Kier molecular flexibility index (Phi) is 7.37. The van der Waals surface area contributed by atoms with Crippen molar-refractivity contribution < 1.29 is 33.9 Å². The average Bonchev–Trinajstić information content (AvgIpc) is 3.89. The quantitative estimate of drug-likeness (QED) is 0.168. The fourth-order valence-corrected chi connectivity index (χ4v) is 12.5. The van der Waals surface area contributed by atoms with Gasteiger partial charge < -0.3 is 14.3 Å². The van der Waals surface area contributed by atoms with E-state index in [0.29, 0.717) is 54.0 Å². The first kappa shape index (κ1) is 31.2. The van der Waals surface area contributed by atoms with Gasteiger partial charge >= 0.3 is 0 Å². The van der Waals surface area contributed by atoms with E-state index in [0.717, 1.165) is 57.1 Å². The molecule has 0 amide bonds. The second-order valence-electron chi connectivity index (χ2n) is 18.4. The summed E-state index contributed by atoms with van der Waals surface area (Å²) in [5, 5.41) is 5.02. The summed E-state index contributed by atoms with van der Waals surface area (Å²) in [6.07, 6.45) is 14.2. The molecule has 0 aromatic rings. The van der Waals surface area contributed by atoms with Gasteiger partial charge in [0.1, 0.15) is 35.1 Å². The van der Waals surface area contributed by atoms with Gasteiger partial charge in [-0.25, -0.2) is 19.6 Å². The molecular weight excluding hydrogens is 582 g/mol. The highest BCUT2D eigenvalue weighted by atomic mass is 17.2. The van der Waals surface area contributed by atoms with Crippen molar-refractivity contribution in [1.82, 2.24) is 0 Å². The molecule has 16 atom stereocenters. The lowest BCUT2D eigenvalue weighted by molar-refractivity contribution is -0.487. The maximum atomic E-state index is 7.34. The Hall–Kier alpha value is -0.770. The van der Waals surface area contributed by atoms with Crippen LogP contribution in [0.1, 0.15) is 125 Å². The molecule has 6 heterocycles. The predicted molar refractivity (Wildman–Crippen MR) is 171 cm³/mol. The van der Waals surface area contributed by atoms with Gasteiger partial charge in [-0.1, -0.05) is 32.9 Å². The van der Waals surface area contributed by atoms with Crippen LogP contribution in [0.25, 0.3) is 0 Å². The summed E-state index contributed by atoms with van der Waals surface area (Å²) in [6.45, 7) is 14.8. The van der Waals surface area contributed by atoms with Crippen LogP contribution < -0.4 is 0 Å². The Bertz CT molecular complexity index is 1230. The molecule has 8 heteroatoms. The van der Waals surface area contributed by atoms with Crippen molar-refractivity contribution in [3.8, 4) is 0 Å². The van der Waals surface area contributed by atoms with Crippen molar-refractivity contribution >= 4 is 5.71 Å². The van der Waals surface area contributed by atoms with Crippen molar-refractivity contribution in [3.63, 3.8) is 0 Å². The molecule has 0 unspecified atom stereocenters. The maximum absolute atomic E-state index is 7.34. The molecule has 5 saturated carbocycles. The number of rotatable bonds is 6. The van der Waals surface area contributed by atoms with Crippen LogP contribution in [0.2, 0.25) is 0 Å². The normalized spacial score (nSPS) is 57.7. The van der Waals surface area contributed by atoms with E-state index in [1.165, 1.54) is 32.1 Å². The SMILES string of the molecule is C[C@H]1[C@@H](/C(C[C@H]2O[C@@H]3C[C@]4(C)CC[C@H]5[C@H](C)CC[C@@H]([C@H]2C)[C@@]35OO4)=N\OCC2CC2)O[C@@H]2C[C@]3(C)CC[C@H]4[C@H](C)CC[C@@H]1[C@@]24OO3. The van der Waals surface area contributed by atoms with Gasteiger partial charge in [0.15, 0.2) is 0 Å². The number of hydrogen-bond acceptors (Lipinski definition) is 8. The third kappa shape index (κ3) is 4.55. The molecule has 0 aromatic heterocycles. The van der Waals surface area contributed by atoms with Crippen molar-refractivity contribution in [2.75, 3.05) is 6.61 Å². The number of oxime groups is 1. The van der Waals surface area contributed by atoms with Crippen LogP contribution in [0.5, 0.6) is 0 Å². The number of hydrogen-bond donors (Lipinski definition) is 0. The minimum atomic E-state index is -0.370. The van der Waals surface area contributed by atoms with Gasteiger partial charge in [0.2, 0.25) is 0 Å². The monoisotopic (exact) mass is 641 g/mol. The third-order valence-electron chi connectivity index (χ3n) is 15.5. The summed E-state index contributed by atoms with van der Waals surface area (Å²) >= 11 is 0. The highest BCUT2D eigenvalue weighted by molar-refractivity contribution is 5.89. The minimum Gasteiger partial charge on any atom is -0.395 e. The highest BCUT2D eigenvalue weighted by Crippen LogP contribution is 2.63. The zero-order valence-electron chi connectivity index (χ0n) is 29.2. The molecule has 0 radical (unpaired) electrons. The molecule has 2 spiro atoms. The van der Waals surface area contributed by atoms with Gasteiger partial charge in [-0.2, -0.15) is 0 Å². The second-order valence-corrected chi connectivity index (χ2v) is 18.4. The summed E-state index contributed by atoms with van der Waals surface area (Å²) in [5.74, 6) is 4.16. The Labute approximate surface area is 276 Å². The molecule has 258 valence electrons. The molecular formula is C38H59NO7. The van der Waals surface area contributed by atoms with Crippen LogP contribution in [0.3, 0.4) is 0 Å². The van der Waals surface area contributed by atoms with Crippen LogP contribution in [0.4, 0.5) is 0 Å². The maximum Gasteiger partial charge on any atom is 0.136 e. The fourth-order valence-electron chi connectivity index (χ4n) is 12.5. The lowest BCUT2D eigenvalue weighted by Gasteiger charge is -2.62. The van der Waals surface area contributed by atoms with E-state index < -0.39 is 0 Å². The van der Waals surface area contributed by atoms with E-state index in [4.69, 9.17) is 39.0 Å². The van der Waals surface area contributed by atoms with Crippen molar-refractivity contribution in [3.05, 3.63) is 0 Å². The Balaban J connectivity index is 1.04. The van der Waals surface area contributed by atoms with Crippen molar-refractivity contribution in [2.24, 2.45) is 58.4 Å². The lowest BCUT2D eigenvalue weighted by Crippen LogP contribution is -2.71. The van der Waals surface area contributed by atoms with Gasteiger partial charge in [-0.05, 0) is 131 Å². The molecule has 11 fully saturated rings. The fraction of sp³-hybridized carbons (Fsp3) is 0.974. The van der Waals surface area contributed by atoms with Gasteiger partial charge in [-0.3, -0.25) is 0 Å². The molecule has 6 aliphatic heterocycles. The Morgan fingerprint density at radius 3 is 1.80 bits per heavy atom. The van der Waals surface area contributed by atoms with Crippen LogP contribution in [-0.2, 0) is 33.9 Å². The zero-order valence-corrected chi connectivity index (χ0v) is 29.2. The molecule has 11 rings (SSSR count). The Morgan fingerprint density at radius 2 is 1.22 bits per heavy atom. The van der Waals surface area contributed by atoms with Gasteiger partial charge in [-0.15, -0.1) is 0 Å². The number of nitrogens with zero attached hydrogens (tertiary/aromatic N) is 1. The number of ether oxygens (including phenoxy) is 2. The van der Waals surface area contributed by atoms with Gasteiger partial charge in [0.25, 0.3) is 0 Å². The summed E-state index contributed by atoms with van der Waals surface area (Å²) in [5.41, 5.74) is -0.257. The van der Waals surface area contributed by atoms with E-state index in [-0.39, 0.29) is 52.7 Å². The molecule has 8 nitrogen and oxygen atoms in total. The van der Waals surface area contributed by atoms with E-state index in [1.54, 1.807) is 0 Å². The van der Waals surface area contributed by atoms with E-state index in [9.17, 15) is 0 Å². The third-order valence-corrected chi connectivity index (χ3v) is 15.5. The predicted octanol–water partition coefficient (Wildman–Crippen LogP) is 7.58. The van der Waals surface area contributed by atoms with E-state index >= 15 is 0 Å². The first-order chi connectivity index (χ1) is 22.1. The first-order valence-corrected chi connectivity index (χ1v) is 19.3. The summed E-state index contributed by atoms with van der Waals surface area (Å²) in [6, 6.07) is 0. The molecule has 11 aliphatic rings. The second kappa shape index (κ2) is 10.9. The van der Waals surface area contributed by atoms with Crippen LogP contribution in [-0.4, -0.2) is 59.1 Å². The van der Waals surface area contributed by atoms with Crippen LogP contribution in [0.15, 0.2) is 5.16 Å². The highest BCUT2D eigenvalue weighted by Gasteiger charge is 2.70. The van der Waals surface area contributed by atoms with E-state index in [2.05, 4.69) is 41.5 Å². The summed E-state index contributed by atoms with van der Waals surface area (Å²) in [7, 11) is 0. The molecule has 6 saturated heterocycles. The van der Waals surface area contributed by atoms with Crippen molar-refractivity contribution in [2.45, 2.75) is 172 Å². The van der Waals surface area contributed by atoms with Crippen LogP contribution >= 0.6 is 0 Å². The standard InChI is InChI=1S/C38H59NO7/c1-21-7-11-28-23(3)31(41-32-18-35(5)15-13-26(21)37(28,32)45-43-35)17-30(39-40-20-25-9-10-25)34-24(4)29-12-8-22(2)27-14-16-36(6)19-33(42-34)38(27,29)46-44-36/h21-29,31-34H,7-20H2,1-6H3/b39-30-/t21-,22-,23-,24-,26+,27+,28+,29+,31-,32-,33-,34+,35+,36+,37-,38-/m1/s1. The van der Waals surface area contributed by atoms with Crippen molar-refractivity contribution in [1.29, 1.82) is 0 Å². The molecule has 4 bridgehead atoms. The summed E-state index contributed by atoms with van der Waals surface area (Å²) < 4.78 is 14.6. The molecule has 0 aromatic carbocycles. The topological polar surface area (TPSA) is 77.0 Å². The molecule has 0 N–H and O–H groups in total. The first-order valence-electron chi connectivity index (χ1n) is 19.3. The van der Waals surface area contributed by atoms with Gasteiger partial charge in [0.05, 0.1) is 24.0 Å². The summed E-state index contributed by atoms with van der Waals surface area (Å²) in [4.78, 5) is 32.0. The average molecular weight is 642 g/mol.